The van der Waals surface area contributed by atoms with Crippen molar-refractivity contribution in [2.24, 2.45) is 7.05 Å². The van der Waals surface area contributed by atoms with E-state index in [0.29, 0.717) is 16.1 Å². The van der Waals surface area contributed by atoms with Crippen LogP contribution in [-0.2, 0) is 18.4 Å². The Bertz CT molecular complexity index is 1050. The van der Waals surface area contributed by atoms with Gasteiger partial charge in [0.2, 0.25) is 5.91 Å². The molecule has 1 aliphatic rings. The van der Waals surface area contributed by atoms with Crippen molar-refractivity contribution in [2.45, 2.75) is 38.3 Å². The summed E-state index contributed by atoms with van der Waals surface area (Å²) < 4.78 is 3.14. The largest absolute Gasteiger partial charge is 0.352 e. The molecule has 0 saturated heterocycles. The molecule has 1 N–H and O–H groups in total. The van der Waals surface area contributed by atoms with Crippen LogP contribution in [0.4, 0.5) is 0 Å². The van der Waals surface area contributed by atoms with Crippen LogP contribution in [0, 0.1) is 0 Å². The minimum absolute atomic E-state index is 0.0142. The molecule has 0 unspecified atom stereocenters. The van der Waals surface area contributed by atoms with E-state index >= 15 is 0 Å². The summed E-state index contributed by atoms with van der Waals surface area (Å²) in [5.41, 5.74) is 2.69. The van der Waals surface area contributed by atoms with Crippen molar-refractivity contribution in [3.63, 3.8) is 0 Å². The van der Waals surface area contributed by atoms with E-state index in [1.807, 2.05) is 37.5 Å². The first-order valence-corrected chi connectivity index (χ1v) is 9.50. The summed E-state index contributed by atoms with van der Waals surface area (Å²) in [4.78, 5) is 29.7. The van der Waals surface area contributed by atoms with Crippen LogP contribution < -0.4 is 10.9 Å². The van der Waals surface area contributed by atoms with Crippen LogP contribution in [0.2, 0.25) is 5.02 Å². The van der Waals surface area contributed by atoms with E-state index < -0.39 is 0 Å². The summed E-state index contributed by atoms with van der Waals surface area (Å²) in [6.07, 6.45) is 7.66. The van der Waals surface area contributed by atoms with Gasteiger partial charge < -0.3 is 9.88 Å². The minimum Gasteiger partial charge on any atom is -0.352 e. The average molecular weight is 385 g/mol. The number of hydrogen-bond donors (Lipinski definition) is 1. The molecule has 0 spiro atoms. The molecule has 6 nitrogen and oxygen atoms in total. The first kappa shape index (κ1) is 17.8. The summed E-state index contributed by atoms with van der Waals surface area (Å²) in [7, 11) is 1.81. The van der Waals surface area contributed by atoms with E-state index in [1.54, 1.807) is 4.57 Å². The molecule has 1 aliphatic carbocycles. The van der Waals surface area contributed by atoms with Gasteiger partial charge in [0.15, 0.2) is 0 Å². The van der Waals surface area contributed by atoms with Crippen molar-refractivity contribution in [3.05, 3.63) is 52.2 Å². The summed E-state index contributed by atoms with van der Waals surface area (Å²) in [6, 6.07) is 7.66. The number of carbonyl (C=O) groups is 1. The maximum Gasteiger partial charge on any atom is 0.278 e. The van der Waals surface area contributed by atoms with E-state index in [2.05, 4.69) is 10.3 Å². The highest BCUT2D eigenvalue weighted by molar-refractivity contribution is 6.30. The average Bonchev–Trinajstić information content (AvgIpc) is 3.26. The maximum atomic E-state index is 12.9. The lowest BCUT2D eigenvalue weighted by atomic mass is 10.1. The summed E-state index contributed by atoms with van der Waals surface area (Å²) in [5.74, 6) is -0.141. The van der Waals surface area contributed by atoms with Gasteiger partial charge in [-0.1, -0.05) is 36.6 Å². The predicted octanol–water partition coefficient (Wildman–Crippen LogP) is 3.11. The highest BCUT2D eigenvalue weighted by atomic mass is 35.5. The summed E-state index contributed by atoms with van der Waals surface area (Å²) in [5, 5.41) is 3.66. The Labute approximate surface area is 161 Å². The van der Waals surface area contributed by atoms with Crippen molar-refractivity contribution >= 4 is 28.5 Å². The van der Waals surface area contributed by atoms with Gasteiger partial charge in [-0.05, 0) is 30.5 Å². The van der Waals surface area contributed by atoms with E-state index in [9.17, 15) is 9.59 Å². The molecule has 3 aromatic rings. The van der Waals surface area contributed by atoms with Crippen molar-refractivity contribution in [1.82, 2.24) is 19.4 Å². The molecule has 0 radical (unpaired) electrons. The number of aromatic nitrogens is 3. The number of rotatable bonds is 4. The molecule has 27 heavy (non-hydrogen) atoms. The lowest BCUT2D eigenvalue weighted by molar-refractivity contribution is -0.122. The Hall–Kier alpha value is -2.60. The highest BCUT2D eigenvalue weighted by Gasteiger charge is 2.19. The number of nitrogens with zero attached hydrogens (tertiary/aromatic N) is 3. The fraction of sp³-hybridized carbons (Fsp3) is 0.350. The van der Waals surface area contributed by atoms with Gasteiger partial charge in [-0.3, -0.25) is 14.2 Å². The molecule has 1 amide bonds. The first-order chi connectivity index (χ1) is 13.0. The van der Waals surface area contributed by atoms with Gasteiger partial charge in [-0.2, -0.15) is 0 Å². The number of amides is 1. The molecule has 7 heteroatoms. The zero-order valence-electron chi connectivity index (χ0n) is 15.1. The Kier molecular flexibility index (Phi) is 4.74. The molecule has 2 aromatic heterocycles. The Morgan fingerprint density at radius 3 is 2.67 bits per heavy atom. The summed E-state index contributed by atoms with van der Waals surface area (Å²) >= 11 is 5.97. The van der Waals surface area contributed by atoms with Gasteiger partial charge in [0.25, 0.3) is 5.56 Å². The Morgan fingerprint density at radius 2 is 1.96 bits per heavy atom. The topological polar surface area (TPSA) is 68.9 Å². The molecular weight excluding hydrogens is 364 g/mol. The van der Waals surface area contributed by atoms with Gasteiger partial charge >= 0.3 is 0 Å². The second-order valence-corrected chi connectivity index (χ2v) is 7.52. The summed E-state index contributed by atoms with van der Waals surface area (Å²) in [6.45, 7) is -0.0142. The molecule has 2 heterocycles. The van der Waals surface area contributed by atoms with Gasteiger partial charge in [0, 0.05) is 29.9 Å². The van der Waals surface area contributed by atoms with Crippen LogP contribution in [0.5, 0.6) is 0 Å². The van der Waals surface area contributed by atoms with Crippen LogP contribution in [0.1, 0.15) is 25.7 Å². The lowest BCUT2D eigenvalue weighted by Crippen LogP contribution is -2.37. The molecule has 1 saturated carbocycles. The molecular formula is C20H21ClN4O2. The van der Waals surface area contributed by atoms with E-state index in [-0.39, 0.29) is 24.1 Å². The fourth-order valence-electron chi connectivity index (χ4n) is 3.76. The van der Waals surface area contributed by atoms with E-state index in [1.165, 1.54) is 10.9 Å². The van der Waals surface area contributed by atoms with Gasteiger partial charge in [0.1, 0.15) is 17.6 Å². The number of carbonyl (C=O) groups excluding carboxylic acids is 1. The Balaban J connectivity index is 1.66. The third-order valence-corrected chi connectivity index (χ3v) is 5.39. The molecule has 4 rings (SSSR count). The van der Waals surface area contributed by atoms with Crippen LogP contribution >= 0.6 is 11.6 Å². The third-order valence-electron chi connectivity index (χ3n) is 5.13. The second kappa shape index (κ2) is 7.19. The van der Waals surface area contributed by atoms with Gasteiger partial charge in [-0.25, -0.2) is 4.98 Å². The molecule has 0 bridgehead atoms. The van der Waals surface area contributed by atoms with Crippen LogP contribution in [0.3, 0.4) is 0 Å². The predicted molar refractivity (Wildman–Crippen MR) is 106 cm³/mol. The van der Waals surface area contributed by atoms with Crippen molar-refractivity contribution in [2.75, 3.05) is 0 Å². The number of benzene rings is 1. The number of halogens is 1. The monoisotopic (exact) mass is 384 g/mol. The molecule has 0 atom stereocenters. The first-order valence-electron chi connectivity index (χ1n) is 9.12. The highest BCUT2D eigenvalue weighted by Crippen LogP contribution is 2.28. The quantitative estimate of drug-likeness (QED) is 0.751. The normalized spacial score (nSPS) is 14.7. The van der Waals surface area contributed by atoms with Crippen LogP contribution in [0.15, 0.2) is 41.6 Å². The number of hydrogen-bond acceptors (Lipinski definition) is 3. The Morgan fingerprint density at radius 1 is 1.26 bits per heavy atom. The lowest BCUT2D eigenvalue weighted by Gasteiger charge is -2.12. The smallest absolute Gasteiger partial charge is 0.278 e. The SMILES string of the molecule is Cn1cc(-c2ccc(Cl)cc2)c2ncn(CC(=O)NC3CCCC3)c(=O)c21. The molecule has 140 valence electrons. The number of aryl methyl sites for hydroxylation is 1. The molecule has 1 fully saturated rings. The maximum absolute atomic E-state index is 12.9. The minimum atomic E-state index is -0.218. The molecule has 1 aromatic carbocycles. The number of nitrogens with one attached hydrogen (secondary N) is 1. The standard InChI is InChI=1S/C20H21ClN4O2/c1-24-10-16(13-6-8-14(21)9-7-13)18-19(24)20(27)25(12-22-18)11-17(26)23-15-4-2-3-5-15/h6-10,12,15H,2-5,11H2,1H3,(H,23,26). The van der Waals surface area contributed by atoms with Crippen molar-refractivity contribution in [3.8, 4) is 11.1 Å². The zero-order chi connectivity index (χ0) is 19.0. The van der Waals surface area contributed by atoms with Crippen molar-refractivity contribution < 1.29 is 4.79 Å². The van der Waals surface area contributed by atoms with Crippen molar-refractivity contribution in [1.29, 1.82) is 0 Å². The second-order valence-electron chi connectivity index (χ2n) is 7.08. The number of fused-ring (bicyclic) bond motifs is 1. The van der Waals surface area contributed by atoms with E-state index in [0.717, 1.165) is 36.8 Å². The molecule has 0 aliphatic heterocycles. The van der Waals surface area contributed by atoms with Gasteiger partial charge in [0.05, 0.1) is 6.33 Å². The van der Waals surface area contributed by atoms with E-state index in [4.69, 9.17) is 11.6 Å². The van der Waals surface area contributed by atoms with Gasteiger partial charge in [-0.15, -0.1) is 0 Å². The van der Waals surface area contributed by atoms with Crippen LogP contribution in [0.25, 0.3) is 22.2 Å². The fourth-order valence-corrected chi connectivity index (χ4v) is 3.89. The van der Waals surface area contributed by atoms with Crippen LogP contribution in [-0.4, -0.2) is 26.1 Å². The third kappa shape index (κ3) is 3.49. The zero-order valence-corrected chi connectivity index (χ0v) is 15.9.